The lowest BCUT2D eigenvalue weighted by atomic mass is 10.1. The number of aliphatic hydroxyl groups is 1. The molecule has 0 saturated heterocycles. The number of hydrogen-bond acceptors (Lipinski definition) is 6. The molecule has 31 heavy (non-hydrogen) atoms. The predicted molar refractivity (Wildman–Crippen MR) is 115 cm³/mol. The Labute approximate surface area is 180 Å². The Morgan fingerprint density at radius 1 is 1.23 bits per heavy atom. The van der Waals surface area contributed by atoms with Crippen molar-refractivity contribution >= 4 is 33.9 Å². The van der Waals surface area contributed by atoms with Crippen molar-refractivity contribution in [2.45, 2.75) is 31.2 Å². The first kappa shape index (κ1) is 22.7. The number of amides is 2. The van der Waals surface area contributed by atoms with E-state index >= 15 is 0 Å². The smallest absolute Gasteiger partial charge is 0.328 e. The van der Waals surface area contributed by atoms with Crippen LogP contribution in [0.25, 0.3) is 12.2 Å². The molecule has 166 valence electrons. The van der Waals surface area contributed by atoms with Crippen molar-refractivity contribution in [1.82, 2.24) is 14.9 Å². The number of fused-ring (bicyclic) bond motifs is 1. The van der Waals surface area contributed by atoms with Gasteiger partial charge in [-0.05, 0) is 36.1 Å². The molecule has 1 aromatic carbocycles. The molecule has 2 heterocycles. The van der Waals surface area contributed by atoms with Crippen molar-refractivity contribution in [2.24, 2.45) is 0 Å². The van der Waals surface area contributed by atoms with E-state index in [-0.39, 0.29) is 25.6 Å². The molecule has 3 N–H and O–H groups in total. The van der Waals surface area contributed by atoms with E-state index in [1.54, 1.807) is 6.20 Å². The van der Waals surface area contributed by atoms with E-state index in [1.807, 2.05) is 42.5 Å². The predicted octanol–water partition coefficient (Wildman–Crippen LogP) is 1.63. The Morgan fingerprint density at radius 2 is 1.87 bits per heavy atom. The first-order valence-electron chi connectivity index (χ1n) is 9.61. The average molecular weight is 448 g/mol. The summed E-state index contributed by atoms with van der Waals surface area (Å²) in [5.74, 6) is -1.03. The molecule has 1 aliphatic rings. The van der Waals surface area contributed by atoms with Crippen LogP contribution in [0.3, 0.4) is 0 Å². The molecule has 9 nitrogen and oxygen atoms in total. The highest BCUT2D eigenvalue weighted by Crippen LogP contribution is 2.26. The van der Waals surface area contributed by atoms with Crippen molar-refractivity contribution in [3.05, 3.63) is 58.9 Å². The molecule has 0 aliphatic carbocycles. The summed E-state index contributed by atoms with van der Waals surface area (Å²) in [5.41, 5.74) is 4.79. The zero-order chi connectivity index (χ0) is 22.8. The number of nitrogens with one attached hydrogen (secondary N) is 1. The highest BCUT2D eigenvalue weighted by Gasteiger charge is 2.44. The summed E-state index contributed by atoms with van der Waals surface area (Å²) in [6, 6.07) is 9.01. The number of nitrogens with zero attached hydrogens (tertiary/aromatic N) is 2. The SMILES string of the molecule is C[C@@](CCN1Cc2cc(/C=C/c3ccc(CO)cc3)cn2C1=O)(C(=O)NO)S(C)(=O)=O. The van der Waals surface area contributed by atoms with Crippen molar-refractivity contribution in [1.29, 1.82) is 0 Å². The Hall–Kier alpha value is -2.95. The number of sulfone groups is 1. The lowest BCUT2D eigenvalue weighted by Crippen LogP contribution is -2.50. The average Bonchev–Trinajstić information content (AvgIpc) is 3.27. The third-order valence-corrected chi connectivity index (χ3v) is 7.67. The molecule has 0 saturated carbocycles. The topological polar surface area (TPSA) is 129 Å². The largest absolute Gasteiger partial charge is 0.392 e. The lowest BCUT2D eigenvalue weighted by Gasteiger charge is -2.27. The Morgan fingerprint density at radius 3 is 2.42 bits per heavy atom. The van der Waals surface area contributed by atoms with Gasteiger partial charge in [-0.3, -0.25) is 14.6 Å². The highest BCUT2D eigenvalue weighted by molar-refractivity contribution is 7.92. The van der Waals surface area contributed by atoms with E-state index in [1.165, 1.54) is 21.9 Å². The third-order valence-electron chi connectivity index (χ3n) is 5.64. The van der Waals surface area contributed by atoms with E-state index in [2.05, 4.69) is 0 Å². The Kier molecular flexibility index (Phi) is 6.35. The molecule has 0 unspecified atom stereocenters. The molecule has 0 radical (unpaired) electrons. The van der Waals surface area contributed by atoms with Crippen LogP contribution in [-0.2, 0) is 27.8 Å². The normalized spacial score (nSPS) is 15.9. The standard InChI is InChI=1S/C21H25N3O6S/c1-21(19(26)22-28,31(2,29)30)9-10-23-13-18-11-17(12-24(18)20(23)27)8-5-15-3-6-16(14-25)7-4-15/h3-8,11-12,25,28H,9-10,13-14H2,1-2H3,(H,22,26)/b8-5+/t21-/m1/s1. The van der Waals surface area contributed by atoms with Gasteiger partial charge in [0.1, 0.15) is 0 Å². The maximum atomic E-state index is 12.7. The maximum absolute atomic E-state index is 12.7. The third kappa shape index (κ3) is 4.55. The van der Waals surface area contributed by atoms with Crippen LogP contribution in [0.5, 0.6) is 0 Å². The van der Waals surface area contributed by atoms with Crippen LogP contribution >= 0.6 is 0 Å². The number of hydrogen-bond donors (Lipinski definition) is 3. The van der Waals surface area contributed by atoms with Gasteiger partial charge >= 0.3 is 6.03 Å². The van der Waals surface area contributed by atoms with Gasteiger partial charge in [-0.2, -0.15) is 0 Å². The number of benzene rings is 1. The van der Waals surface area contributed by atoms with Gasteiger partial charge in [-0.1, -0.05) is 36.4 Å². The van der Waals surface area contributed by atoms with Gasteiger partial charge in [0.15, 0.2) is 14.6 Å². The summed E-state index contributed by atoms with van der Waals surface area (Å²) in [6.07, 6.45) is 6.26. The summed E-state index contributed by atoms with van der Waals surface area (Å²) in [6.45, 7) is 1.55. The number of rotatable bonds is 8. The van der Waals surface area contributed by atoms with Crippen molar-refractivity contribution < 1.29 is 28.3 Å². The van der Waals surface area contributed by atoms with Gasteiger partial charge in [0.2, 0.25) is 0 Å². The van der Waals surface area contributed by atoms with Crippen LogP contribution in [0, 0.1) is 0 Å². The zero-order valence-corrected chi connectivity index (χ0v) is 18.1. The molecule has 0 bridgehead atoms. The second-order valence-corrected chi connectivity index (χ2v) is 10.2. The first-order chi connectivity index (χ1) is 14.6. The monoisotopic (exact) mass is 447 g/mol. The van der Waals surface area contributed by atoms with Crippen LogP contribution in [0.2, 0.25) is 0 Å². The number of aliphatic hydroxyl groups excluding tert-OH is 1. The molecule has 10 heteroatoms. The number of aromatic nitrogens is 1. The molecular formula is C21H25N3O6S. The molecule has 2 amide bonds. The van der Waals surface area contributed by atoms with Gasteiger partial charge in [-0.25, -0.2) is 18.7 Å². The summed E-state index contributed by atoms with van der Waals surface area (Å²) in [4.78, 5) is 26.1. The second kappa shape index (κ2) is 8.66. The zero-order valence-electron chi connectivity index (χ0n) is 17.3. The van der Waals surface area contributed by atoms with E-state index in [0.29, 0.717) is 6.54 Å². The van der Waals surface area contributed by atoms with Gasteiger partial charge in [-0.15, -0.1) is 0 Å². The highest BCUT2D eigenvalue weighted by atomic mass is 32.2. The van der Waals surface area contributed by atoms with Gasteiger partial charge < -0.3 is 10.0 Å². The minimum atomic E-state index is -3.82. The number of hydroxylamine groups is 1. The summed E-state index contributed by atoms with van der Waals surface area (Å²) >= 11 is 0. The summed E-state index contributed by atoms with van der Waals surface area (Å²) in [5, 5.41) is 18.0. The van der Waals surface area contributed by atoms with E-state index in [4.69, 9.17) is 10.3 Å². The van der Waals surface area contributed by atoms with Gasteiger partial charge in [0.05, 0.1) is 13.2 Å². The molecule has 1 aromatic heterocycles. The molecular weight excluding hydrogens is 422 g/mol. The van der Waals surface area contributed by atoms with E-state index < -0.39 is 20.5 Å². The van der Waals surface area contributed by atoms with Crippen LogP contribution in [-0.4, -0.2) is 57.7 Å². The molecule has 1 atom stereocenters. The van der Waals surface area contributed by atoms with Crippen LogP contribution in [0.1, 0.15) is 35.7 Å². The number of carbonyl (C=O) groups is 2. The van der Waals surface area contributed by atoms with Gasteiger partial charge in [0, 0.05) is 24.7 Å². The van der Waals surface area contributed by atoms with Crippen LogP contribution in [0.4, 0.5) is 4.79 Å². The first-order valence-corrected chi connectivity index (χ1v) is 11.5. The summed E-state index contributed by atoms with van der Waals surface area (Å²) in [7, 11) is -3.82. The summed E-state index contributed by atoms with van der Waals surface area (Å²) < 4.78 is 23.8. The number of carbonyl (C=O) groups excluding carboxylic acids is 2. The Bertz CT molecular complexity index is 1120. The fourth-order valence-corrected chi connectivity index (χ4v) is 4.22. The Balaban J connectivity index is 1.68. The quantitative estimate of drug-likeness (QED) is 0.417. The minimum absolute atomic E-state index is 0.0111. The van der Waals surface area contributed by atoms with Gasteiger partial charge in [0.25, 0.3) is 5.91 Å². The molecule has 1 aliphatic heterocycles. The molecule has 0 spiro atoms. The van der Waals surface area contributed by atoms with Crippen molar-refractivity contribution in [2.75, 3.05) is 12.8 Å². The van der Waals surface area contributed by atoms with Crippen LogP contribution < -0.4 is 5.48 Å². The maximum Gasteiger partial charge on any atom is 0.328 e. The lowest BCUT2D eigenvalue weighted by molar-refractivity contribution is -0.131. The van der Waals surface area contributed by atoms with Crippen molar-refractivity contribution in [3.63, 3.8) is 0 Å². The fraction of sp³-hybridized carbons (Fsp3) is 0.333. The molecule has 0 fully saturated rings. The van der Waals surface area contributed by atoms with Crippen LogP contribution in [0.15, 0.2) is 36.5 Å². The van der Waals surface area contributed by atoms with E-state index in [0.717, 1.165) is 28.6 Å². The van der Waals surface area contributed by atoms with Crippen molar-refractivity contribution in [3.8, 4) is 0 Å². The van der Waals surface area contributed by atoms with E-state index in [9.17, 15) is 18.0 Å². The second-order valence-electron chi connectivity index (χ2n) is 7.77. The fourth-order valence-electron chi connectivity index (χ4n) is 3.37. The minimum Gasteiger partial charge on any atom is -0.392 e. The molecule has 3 rings (SSSR count). The molecule has 2 aromatic rings.